The number of nitrogens with zero attached hydrogens (tertiary/aromatic N) is 1. The van der Waals surface area contributed by atoms with Crippen LogP contribution < -0.4 is 10.7 Å². The maximum absolute atomic E-state index is 5.13. The van der Waals surface area contributed by atoms with Gasteiger partial charge in [0.1, 0.15) is 0 Å². The number of aliphatic imine (C=N–C) groups is 1. The molecule has 3 heterocycles. The van der Waals surface area contributed by atoms with Crippen LogP contribution in [0.1, 0.15) is 72.9 Å². The van der Waals surface area contributed by atoms with E-state index < -0.39 is 0 Å². The van der Waals surface area contributed by atoms with Crippen LogP contribution in [0.4, 0.5) is 0 Å². The van der Waals surface area contributed by atoms with Crippen molar-refractivity contribution in [3.8, 4) is 0 Å². The van der Waals surface area contributed by atoms with Crippen LogP contribution in [0.25, 0.3) is 12.2 Å². The van der Waals surface area contributed by atoms with Gasteiger partial charge in [0.05, 0.1) is 11.4 Å². The van der Waals surface area contributed by atoms with Crippen LogP contribution in [0, 0.1) is 19.3 Å². The van der Waals surface area contributed by atoms with Gasteiger partial charge in [0.25, 0.3) is 0 Å². The third kappa shape index (κ3) is 3.75. The van der Waals surface area contributed by atoms with Crippen LogP contribution in [0.5, 0.6) is 0 Å². The standard InChI is InChI=1S/C33H38N2/c1-17-18(2)25-11-24(17)13-28-19(3)20(4)30(34-28)15-26-12-27(32(23(26)7)33(8,9)10)16-31-22(6)21(5)29(14-25)35-31/h12-16,35H,11H2,1-10H3. The number of hydrogen-bond donors (Lipinski definition) is 1. The molecule has 35 heavy (non-hydrogen) atoms. The molecule has 4 aliphatic rings. The first-order chi connectivity index (χ1) is 16.4. The highest BCUT2D eigenvalue weighted by molar-refractivity contribution is 6.12. The summed E-state index contributed by atoms with van der Waals surface area (Å²) in [6.07, 6.45) is 12.7. The molecule has 2 nitrogen and oxygen atoms in total. The lowest BCUT2D eigenvalue weighted by Gasteiger charge is -2.23. The third-order valence-corrected chi connectivity index (χ3v) is 8.50. The molecule has 2 aliphatic heterocycles. The van der Waals surface area contributed by atoms with E-state index >= 15 is 0 Å². The summed E-state index contributed by atoms with van der Waals surface area (Å²) in [4.78, 5) is 8.90. The maximum Gasteiger partial charge on any atom is 0.0675 e. The van der Waals surface area contributed by atoms with Crippen molar-refractivity contribution < 1.29 is 0 Å². The van der Waals surface area contributed by atoms with Gasteiger partial charge in [-0.25, -0.2) is 4.99 Å². The van der Waals surface area contributed by atoms with E-state index in [0.717, 1.165) is 17.8 Å². The van der Waals surface area contributed by atoms with Crippen LogP contribution in [0.15, 0.2) is 84.6 Å². The van der Waals surface area contributed by atoms with Gasteiger partial charge in [-0.05, 0) is 158 Å². The zero-order valence-corrected chi connectivity index (χ0v) is 23.0. The number of aromatic nitrogens is 1. The van der Waals surface area contributed by atoms with Crippen molar-refractivity contribution in [3.63, 3.8) is 0 Å². The zero-order chi connectivity index (χ0) is 25.4. The van der Waals surface area contributed by atoms with E-state index in [1.54, 1.807) is 0 Å². The Kier molecular flexibility index (Phi) is 5.36. The molecule has 5 rings (SSSR count). The Bertz CT molecular complexity index is 1570. The van der Waals surface area contributed by atoms with Crippen LogP contribution in [-0.4, -0.2) is 10.7 Å². The first-order valence-corrected chi connectivity index (χ1v) is 12.8. The Morgan fingerprint density at radius 3 is 1.86 bits per heavy atom. The van der Waals surface area contributed by atoms with Gasteiger partial charge < -0.3 is 4.98 Å². The molecule has 0 saturated heterocycles. The number of hydrogen-bond acceptors (Lipinski definition) is 1. The van der Waals surface area contributed by atoms with Crippen molar-refractivity contribution in [3.05, 3.63) is 101 Å². The summed E-state index contributed by atoms with van der Waals surface area (Å²) in [6, 6.07) is 0. The molecule has 0 spiro atoms. The second kappa shape index (κ2) is 7.95. The lowest BCUT2D eigenvalue weighted by Crippen LogP contribution is -2.15. The van der Waals surface area contributed by atoms with Gasteiger partial charge in [0.15, 0.2) is 0 Å². The molecule has 2 heteroatoms. The summed E-state index contributed by atoms with van der Waals surface area (Å²) in [7, 11) is 0. The minimum absolute atomic E-state index is 0.0455. The van der Waals surface area contributed by atoms with Crippen molar-refractivity contribution in [1.82, 2.24) is 4.98 Å². The number of nitrogens with one attached hydrogen (secondary N) is 1. The van der Waals surface area contributed by atoms with E-state index in [9.17, 15) is 0 Å². The summed E-state index contributed by atoms with van der Waals surface area (Å²) in [6.45, 7) is 22.6. The molecule has 0 saturated carbocycles. The van der Waals surface area contributed by atoms with Crippen LogP contribution in [-0.2, 0) is 0 Å². The van der Waals surface area contributed by atoms with Gasteiger partial charge in [-0.1, -0.05) is 20.8 Å². The molecule has 2 aliphatic carbocycles. The van der Waals surface area contributed by atoms with Crippen molar-refractivity contribution in [2.45, 2.75) is 75.7 Å². The van der Waals surface area contributed by atoms with E-state index in [0.29, 0.717) is 0 Å². The molecule has 0 unspecified atom stereocenters. The molecule has 1 aromatic heterocycles. The minimum Gasteiger partial charge on any atom is -0.355 e. The molecule has 0 radical (unpaired) electrons. The van der Waals surface area contributed by atoms with Gasteiger partial charge in [0.2, 0.25) is 0 Å². The summed E-state index contributed by atoms with van der Waals surface area (Å²) in [5.74, 6) is 0. The molecule has 1 N–H and O–H groups in total. The fourth-order valence-electron chi connectivity index (χ4n) is 5.87. The first kappa shape index (κ1) is 23.6. The van der Waals surface area contributed by atoms with Crippen LogP contribution in [0.3, 0.4) is 0 Å². The van der Waals surface area contributed by atoms with Gasteiger partial charge >= 0.3 is 0 Å². The third-order valence-electron chi connectivity index (χ3n) is 8.50. The van der Waals surface area contributed by atoms with Gasteiger partial charge in [-0.2, -0.15) is 0 Å². The summed E-state index contributed by atoms with van der Waals surface area (Å²) < 4.78 is 0. The van der Waals surface area contributed by atoms with Gasteiger partial charge in [-0.15, -0.1) is 0 Å². The molecule has 1 aromatic rings. The van der Waals surface area contributed by atoms with Crippen LogP contribution >= 0.6 is 0 Å². The topological polar surface area (TPSA) is 28.1 Å². The van der Waals surface area contributed by atoms with Crippen molar-refractivity contribution in [2.24, 2.45) is 10.4 Å². The Morgan fingerprint density at radius 1 is 0.629 bits per heavy atom. The number of rotatable bonds is 0. The fraction of sp³-hybridized carbons (Fsp3) is 0.364. The monoisotopic (exact) mass is 462 g/mol. The highest BCUT2D eigenvalue weighted by Crippen LogP contribution is 2.43. The quantitative estimate of drug-likeness (QED) is 0.424. The summed E-state index contributed by atoms with van der Waals surface area (Å²) in [5.41, 5.74) is 18.3. The molecule has 0 atom stereocenters. The van der Waals surface area contributed by atoms with E-state index in [4.69, 9.17) is 4.99 Å². The fourth-order valence-corrected chi connectivity index (χ4v) is 5.87. The molecule has 0 aromatic carbocycles. The van der Waals surface area contributed by atoms with E-state index in [2.05, 4.69) is 105 Å². The molecular formula is C33H38N2. The molecule has 0 amide bonds. The van der Waals surface area contributed by atoms with E-state index in [-0.39, 0.29) is 5.41 Å². The van der Waals surface area contributed by atoms with Crippen molar-refractivity contribution in [2.75, 3.05) is 0 Å². The summed E-state index contributed by atoms with van der Waals surface area (Å²) in [5, 5.41) is 2.42. The molecule has 180 valence electrons. The largest absolute Gasteiger partial charge is 0.355 e. The second-order valence-corrected chi connectivity index (χ2v) is 11.7. The van der Waals surface area contributed by atoms with Crippen LogP contribution in [0.2, 0.25) is 0 Å². The van der Waals surface area contributed by atoms with Crippen molar-refractivity contribution >= 4 is 17.9 Å². The highest BCUT2D eigenvalue weighted by atomic mass is 14.8. The maximum atomic E-state index is 5.13. The SMILES string of the molecule is CC1=C2C=C3N=C(C=C4C=C(C=c5[nH]c(c(C)c5C)=CC(=C1C)C2)C(C(C)(C)C)=C4C)C(C)=C3C. The average Bonchev–Trinajstić information content (AvgIpc) is 3.41. The predicted molar refractivity (Wildman–Crippen MR) is 151 cm³/mol. The van der Waals surface area contributed by atoms with E-state index in [1.165, 1.54) is 77.6 Å². The minimum atomic E-state index is 0.0455. The predicted octanol–water partition coefficient (Wildman–Crippen LogP) is 7.15. The zero-order valence-electron chi connectivity index (χ0n) is 23.0. The first-order valence-electron chi connectivity index (χ1n) is 12.8. The Morgan fingerprint density at radius 2 is 1.23 bits per heavy atom. The summed E-state index contributed by atoms with van der Waals surface area (Å²) >= 11 is 0. The molecule has 0 fully saturated rings. The lowest BCUT2D eigenvalue weighted by atomic mass is 9.81. The second-order valence-electron chi connectivity index (χ2n) is 11.7. The molecule has 8 bridgehead atoms. The molecular weight excluding hydrogens is 424 g/mol. The van der Waals surface area contributed by atoms with Crippen molar-refractivity contribution in [1.29, 1.82) is 0 Å². The number of aromatic amines is 1. The Balaban J connectivity index is 1.85. The Hall–Kier alpha value is -3.13. The number of allylic oxidation sites excluding steroid dienone is 13. The number of H-pyrrole nitrogens is 1. The average molecular weight is 463 g/mol. The smallest absolute Gasteiger partial charge is 0.0675 e. The highest BCUT2D eigenvalue weighted by Gasteiger charge is 2.29. The normalized spacial score (nSPS) is 20.3. The Labute approximate surface area is 210 Å². The number of fused-ring (bicyclic) bond motifs is 6. The lowest BCUT2D eigenvalue weighted by molar-refractivity contribution is 0.511. The van der Waals surface area contributed by atoms with Gasteiger partial charge in [-0.3, -0.25) is 0 Å². The van der Waals surface area contributed by atoms with Gasteiger partial charge in [0, 0.05) is 10.7 Å². The van der Waals surface area contributed by atoms with E-state index in [1.807, 2.05) is 0 Å².